The predicted molar refractivity (Wildman–Crippen MR) is 80.9 cm³/mol. The molecular formula is C16H16N2O3. The molecule has 0 saturated heterocycles. The summed E-state index contributed by atoms with van der Waals surface area (Å²) in [6.45, 7) is 1.96. The molecule has 0 spiro atoms. The lowest BCUT2D eigenvalue weighted by Gasteiger charge is -2.03. The molecule has 2 aromatic carbocycles. The zero-order valence-electron chi connectivity index (χ0n) is 11.8. The number of carbonyl (C=O) groups excluding carboxylic acids is 1. The van der Waals surface area contributed by atoms with Gasteiger partial charge in [0.05, 0.1) is 13.3 Å². The van der Waals surface area contributed by atoms with E-state index in [1.165, 1.54) is 19.4 Å². The Morgan fingerprint density at radius 3 is 2.62 bits per heavy atom. The molecule has 1 amide bonds. The number of phenolic OH excluding ortho intramolecular Hbond substituents is 1. The Hall–Kier alpha value is -2.82. The van der Waals surface area contributed by atoms with Crippen molar-refractivity contribution < 1.29 is 14.6 Å². The van der Waals surface area contributed by atoms with Gasteiger partial charge in [0, 0.05) is 5.56 Å². The van der Waals surface area contributed by atoms with Crippen LogP contribution in [0.3, 0.4) is 0 Å². The molecule has 2 N–H and O–H groups in total. The maximum atomic E-state index is 11.8. The lowest BCUT2D eigenvalue weighted by Crippen LogP contribution is -2.17. The van der Waals surface area contributed by atoms with Gasteiger partial charge in [-0.05, 0) is 42.8 Å². The number of nitrogens with zero attached hydrogens (tertiary/aromatic N) is 1. The number of ether oxygens (including phenoxy) is 1. The van der Waals surface area contributed by atoms with Crippen molar-refractivity contribution in [1.29, 1.82) is 0 Å². The number of carbonyl (C=O) groups is 1. The fourth-order valence-corrected chi connectivity index (χ4v) is 1.71. The van der Waals surface area contributed by atoms with Crippen LogP contribution in [-0.4, -0.2) is 24.3 Å². The zero-order chi connectivity index (χ0) is 15.2. The molecule has 0 atom stereocenters. The number of methoxy groups -OCH3 is 1. The zero-order valence-corrected chi connectivity index (χ0v) is 11.8. The molecule has 108 valence electrons. The molecule has 0 heterocycles. The summed E-state index contributed by atoms with van der Waals surface area (Å²) in [5.41, 5.74) is 4.78. The lowest BCUT2D eigenvalue weighted by atomic mass is 10.1. The largest absolute Gasteiger partial charge is 0.504 e. The Morgan fingerprint density at radius 2 is 1.95 bits per heavy atom. The van der Waals surface area contributed by atoms with Gasteiger partial charge >= 0.3 is 0 Å². The van der Waals surface area contributed by atoms with Gasteiger partial charge in [-0.1, -0.05) is 17.7 Å². The molecular weight excluding hydrogens is 268 g/mol. The van der Waals surface area contributed by atoms with Gasteiger partial charge in [-0.2, -0.15) is 5.10 Å². The Bertz CT molecular complexity index is 664. The highest BCUT2D eigenvalue weighted by Gasteiger charge is 2.03. The first-order valence-electron chi connectivity index (χ1n) is 6.37. The summed E-state index contributed by atoms with van der Waals surface area (Å²) in [7, 11) is 1.47. The minimum atomic E-state index is -0.281. The number of phenols is 1. The Morgan fingerprint density at radius 1 is 1.24 bits per heavy atom. The Labute approximate surface area is 122 Å². The molecule has 5 heteroatoms. The number of hydrogen-bond acceptors (Lipinski definition) is 4. The van der Waals surface area contributed by atoms with E-state index in [1.54, 1.807) is 24.3 Å². The highest BCUT2D eigenvalue weighted by Crippen LogP contribution is 2.25. The van der Waals surface area contributed by atoms with Gasteiger partial charge in [0.25, 0.3) is 5.91 Å². The minimum Gasteiger partial charge on any atom is -0.504 e. The topological polar surface area (TPSA) is 70.9 Å². The summed E-state index contributed by atoms with van der Waals surface area (Å²) in [5, 5.41) is 13.4. The monoisotopic (exact) mass is 284 g/mol. The fourth-order valence-electron chi connectivity index (χ4n) is 1.71. The molecule has 0 aliphatic carbocycles. The average molecular weight is 284 g/mol. The summed E-state index contributed by atoms with van der Waals surface area (Å²) in [4.78, 5) is 11.8. The molecule has 0 unspecified atom stereocenters. The van der Waals surface area contributed by atoms with E-state index in [9.17, 15) is 9.90 Å². The first-order chi connectivity index (χ1) is 10.1. The van der Waals surface area contributed by atoms with Crippen molar-refractivity contribution in [2.24, 2.45) is 5.10 Å². The molecule has 0 bridgehead atoms. The molecule has 0 aliphatic heterocycles. The number of aromatic hydroxyl groups is 1. The lowest BCUT2D eigenvalue weighted by molar-refractivity contribution is 0.0955. The third-order valence-electron chi connectivity index (χ3n) is 2.90. The van der Waals surface area contributed by atoms with E-state index in [0.29, 0.717) is 16.9 Å². The quantitative estimate of drug-likeness (QED) is 0.669. The maximum Gasteiger partial charge on any atom is 0.271 e. The van der Waals surface area contributed by atoms with Crippen molar-refractivity contribution in [2.75, 3.05) is 7.11 Å². The van der Waals surface area contributed by atoms with Gasteiger partial charge < -0.3 is 9.84 Å². The van der Waals surface area contributed by atoms with Crippen molar-refractivity contribution >= 4 is 12.1 Å². The molecule has 0 saturated carbocycles. The van der Waals surface area contributed by atoms with E-state index >= 15 is 0 Å². The maximum absolute atomic E-state index is 11.8. The van der Waals surface area contributed by atoms with Crippen LogP contribution in [-0.2, 0) is 0 Å². The Kier molecular flexibility index (Phi) is 4.56. The molecule has 0 fully saturated rings. The predicted octanol–water partition coefficient (Wildman–Crippen LogP) is 2.47. The summed E-state index contributed by atoms with van der Waals surface area (Å²) in [6, 6.07) is 12.0. The molecule has 0 radical (unpaired) electrons. The second-order valence-corrected chi connectivity index (χ2v) is 4.50. The van der Waals surface area contributed by atoms with E-state index in [-0.39, 0.29) is 11.7 Å². The van der Waals surface area contributed by atoms with Crippen LogP contribution < -0.4 is 10.2 Å². The first-order valence-corrected chi connectivity index (χ1v) is 6.37. The van der Waals surface area contributed by atoms with Gasteiger partial charge in [-0.25, -0.2) is 5.43 Å². The molecule has 5 nitrogen and oxygen atoms in total. The van der Waals surface area contributed by atoms with E-state index in [4.69, 9.17) is 4.74 Å². The average Bonchev–Trinajstić information content (AvgIpc) is 2.49. The van der Waals surface area contributed by atoms with E-state index in [2.05, 4.69) is 10.5 Å². The molecule has 2 rings (SSSR count). The first kappa shape index (κ1) is 14.6. The van der Waals surface area contributed by atoms with Gasteiger partial charge in [-0.15, -0.1) is 0 Å². The molecule has 0 aromatic heterocycles. The van der Waals surface area contributed by atoms with E-state index < -0.39 is 0 Å². The van der Waals surface area contributed by atoms with Crippen LogP contribution in [0.15, 0.2) is 47.6 Å². The van der Waals surface area contributed by atoms with Crippen molar-refractivity contribution in [3.63, 3.8) is 0 Å². The number of rotatable bonds is 4. The van der Waals surface area contributed by atoms with Crippen LogP contribution >= 0.6 is 0 Å². The van der Waals surface area contributed by atoms with Crippen molar-refractivity contribution in [3.8, 4) is 11.5 Å². The molecule has 0 aliphatic rings. The molecule has 2 aromatic rings. The van der Waals surface area contributed by atoms with Gasteiger partial charge in [0.15, 0.2) is 11.5 Å². The molecule has 21 heavy (non-hydrogen) atoms. The number of hydrogen-bond donors (Lipinski definition) is 2. The number of benzene rings is 2. The SMILES string of the molecule is COc1cc(/C=N/NC(=O)c2ccc(C)cc2)ccc1O. The van der Waals surface area contributed by atoms with Crippen LogP contribution in [0.2, 0.25) is 0 Å². The number of amides is 1. The standard InChI is InChI=1S/C16H16N2O3/c1-11-3-6-13(7-4-11)16(20)18-17-10-12-5-8-14(19)15(9-12)21-2/h3-10,19H,1-2H3,(H,18,20)/b17-10+. The van der Waals surface area contributed by atoms with Crippen molar-refractivity contribution in [1.82, 2.24) is 5.43 Å². The van der Waals surface area contributed by atoms with Gasteiger partial charge in [0.1, 0.15) is 0 Å². The minimum absolute atomic E-state index is 0.0540. The van der Waals surface area contributed by atoms with Crippen LogP contribution in [0.5, 0.6) is 11.5 Å². The third kappa shape index (κ3) is 3.82. The summed E-state index contributed by atoms with van der Waals surface area (Å²) < 4.78 is 4.99. The van der Waals surface area contributed by atoms with Gasteiger partial charge in [-0.3, -0.25) is 4.79 Å². The van der Waals surface area contributed by atoms with E-state index in [1.807, 2.05) is 19.1 Å². The second kappa shape index (κ2) is 6.56. The van der Waals surface area contributed by atoms with Crippen LogP contribution in [0.4, 0.5) is 0 Å². The number of nitrogens with one attached hydrogen (secondary N) is 1. The normalized spacial score (nSPS) is 10.6. The summed E-state index contributed by atoms with van der Waals surface area (Å²) in [6.07, 6.45) is 1.48. The van der Waals surface area contributed by atoms with Crippen LogP contribution in [0.25, 0.3) is 0 Å². The Balaban J connectivity index is 2.02. The van der Waals surface area contributed by atoms with Crippen molar-refractivity contribution in [3.05, 3.63) is 59.2 Å². The number of hydrazone groups is 1. The second-order valence-electron chi connectivity index (χ2n) is 4.50. The van der Waals surface area contributed by atoms with E-state index in [0.717, 1.165) is 5.56 Å². The van der Waals surface area contributed by atoms with Crippen LogP contribution in [0.1, 0.15) is 21.5 Å². The van der Waals surface area contributed by atoms with Crippen molar-refractivity contribution in [2.45, 2.75) is 6.92 Å². The van der Waals surface area contributed by atoms with Crippen LogP contribution in [0, 0.1) is 6.92 Å². The third-order valence-corrected chi connectivity index (χ3v) is 2.90. The smallest absolute Gasteiger partial charge is 0.271 e. The summed E-state index contributed by atoms with van der Waals surface area (Å²) >= 11 is 0. The number of aryl methyl sites for hydroxylation is 1. The highest BCUT2D eigenvalue weighted by atomic mass is 16.5. The fraction of sp³-hybridized carbons (Fsp3) is 0.125. The highest BCUT2D eigenvalue weighted by molar-refractivity contribution is 5.94. The van der Waals surface area contributed by atoms with Gasteiger partial charge in [0.2, 0.25) is 0 Å². The summed E-state index contributed by atoms with van der Waals surface area (Å²) in [5.74, 6) is 0.124.